The van der Waals surface area contributed by atoms with E-state index in [2.05, 4.69) is 17.1 Å². The summed E-state index contributed by atoms with van der Waals surface area (Å²) in [6.07, 6.45) is 6.17. The van der Waals surface area contributed by atoms with Crippen molar-refractivity contribution in [2.75, 3.05) is 7.11 Å². The second kappa shape index (κ2) is 9.64. The van der Waals surface area contributed by atoms with Crippen molar-refractivity contribution in [3.8, 4) is 0 Å². The van der Waals surface area contributed by atoms with Gasteiger partial charge in [0.05, 0.1) is 10.7 Å². The number of methoxy groups -OCH3 is 1. The zero-order valence-corrected chi connectivity index (χ0v) is 16.1. The Labute approximate surface area is 159 Å². The Morgan fingerprint density at radius 1 is 1.31 bits per heavy atom. The van der Waals surface area contributed by atoms with Gasteiger partial charge in [0.25, 0.3) is 0 Å². The molecule has 1 aromatic heterocycles. The molecular formula is C20H24ClFN2O2. The number of rotatable bonds is 9. The van der Waals surface area contributed by atoms with Crippen molar-refractivity contribution in [1.82, 2.24) is 4.98 Å². The number of benzene rings is 1. The van der Waals surface area contributed by atoms with Gasteiger partial charge in [0.15, 0.2) is 0 Å². The zero-order chi connectivity index (χ0) is 19.0. The molecule has 0 bridgehead atoms. The van der Waals surface area contributed by atoms with Crippen LogP contribution in [0.1, 0.15) is 44.2 Å². The molecule has 0 fully saturated rings. The molecule has 0 saturated heterocycles. The Bertz CT molecular complexity index is 734. The van der Waals surface area contributed by atoms with Crippen molar-refractivity contribution in [3.63, 3.8) is 0 Å². The van der Waals surface area contributed by atoms with E-state index >= 15 is 0 Å². The second-order valence-corrected chi connectivity index (χ2v) is 6.42. The first-order valence-electron chi connectivity index (χ1n) is 8.68. The fraction of sp³-hybridized carbons (Fsp3) is 0.400. The molecule has 0 aliphatic rings. The zero-order valence-electron chi connectivity index (χ0n) is 15.3. The minimum absolute atomic E-state index is 0.284. The van der Waals surface area contributed by atoms with Crippen molar-refractivity contribution in [2.24, 2.45) is 5.16 Å². The van der Waals surface area contributed by atoms with Crippen LogP contribution in [-0.2, 0) is 16.0 Å². The first-order chi connectivity index (χ1) is 12.5. The molecule has 1 aromatic carbocycles. The molecule has 1 heterocycles. The molecule has 2 rings (SSSR count). The van der Waals surface area contributed by atoms with Crippen molar-refractivity contribution in [1.29, 1.82) is 0 Å². The number of oxime groups is 1. The lowest BCUT2D eigenvalue weighted by Gasteiger charge is -2.28. The van der Waals surface area contributed by atoms with E-state index < -0.39 is 11.6 Å². The number of halogens is 2. The monoisotopic (exact) mass is 378 g/mol. The molecule has 0 amide bonds. The lowest BCUT2D eigenvalue weighted by Crippen LogP contribution is -2.32. The summed E-state index contributed by atoms with van der Waals surface area (Å²) >= 11 is 6.25. The van der Waals surface area contributed by atoms with Gasteiger partial charge < -0.3 is 9.57 Å². The molecule has 1 unspecified atom stereocenters. The Balaban J connectivity index is 2.39. The molecule has 0 aliphatic heterocycles. The maximum Gasteiger partial charge on any atom is 0.236 e. The molecule has 6 heteroatoms. The van der Waals surface area contributed by atoms with Crippen LogP contribution in [0.25, 0.3) is 0 Å². The number of nitrogens with zero attached hydrogens (tertiary/aromatic N) is 2. The van der Waals surface area contributed by atoms with Crippen molar-refractivity contribution < 1.29 is 14.0 Å². The third-order valence-electron chi connectivity index (χ3n) is 4.20. The fourth-order valence-corrected chi connectivity index (χ4v) is 2.96. The minimum atomic E-state index is -0.790. The van der Waals surface area contributed by atoms with Gasteiger partial charge in [-0.2, -0.15) is 0 Å². The quantitative estimate of drug-likeness (QED) is 0.334. The van der Waals surface area contributed by atoms with Gasteiger partial charge in [-0.3, -0.25) is 4.98 Å². The number of pyridine rings is 1. The standard InChI is InChI=1S/C20H24ClFN2O2/c1-4-10-20(5-2,25-3)26-24-19(12-15-7-6-11-23-14-15)17-9-8-16(22)13-18(17)21/h6-9,11,13-14H,4-5,10,12H2,1-3H3. The molecule has 0 aliphatic carbocycles. The molecule has 0 radical (unpaired) electrons. The van der Waals surface area contributed by atoms with E-state index in [-0.39, 0.29) is 5.02 Å². The fourth-order valence-electron chi connectivity index (χ4n) is 2.69. The maximum absolute atomic E-state index is 13.4. The van der Waals surface area contributed by atoms with E-state index in [0.717, 1.165) is 12.0 Å². The summed E-state index contributed by atoms with van der Waals surface area (Å²) in [6.45, 7) is 4.05. The van der Waals surface area contributed by atoms with Gasteiger partial charge in [-0.15, -0.1) is 0 Å². The summed E-state index contributed by atoms with van der Waals surface area (Å²) in [6, 6.07) is 8.02. The normalized spacial score (nSPS) is 14.1. The van der Waals surface area contributed by atoms with Gasteiger partial charge in [0.2, 0.25) is 5.79 Å². The molecule has 26 heavy (non-hydrogen) atoms. The highest BCUT2D eigenvalue weighted by atomic mass is 35.5. The lowest BCUT2D eigenvalue weighted by atomic mass is 10.0. The van der Waals surface area contributed by atoms with Crippen LogP contribution in [0, 0.1) is 5.82 Å². The smallest absolute Gasteiger partial charge is 0.236 e. The van der Waals surface area contributed by atoms with Gasteiger partial charge in [-0.25, -0.2) is 4.39 Å². The van der Waals surface area contributed by atoms with Crippen molar-refractivity contribution in [2.45, 2.75) is 45.3 Å². The molecule has 1 atom stereocenters. The molecule has 0 N–H and O–H groups in total. The minimum Gasteiger partial charge on any atom is -0.360 e. The van der Waals surface area contributed by atoms with Crippen LogP contribution in [0.2, 0.25) is 5.02 Å². The Kier molecular flexibility index (Phi) is 7.54. The third-order valence-corrected chi connectivity index (χ3v) is 4.51. The van der Waals surface area contributed by atoms with Crippen LogP contribution in [0.5, 0.6) is 0 Å². The van der Waals surface area contributed by atoms with Gasteiger partial charge in [-0.05, 0) is 36.2 Å². The highest BCUT2D eigenvalue weighted by molar-refractivity contribution is 6.34. The summed E-state index contributed by atoms with van der Waals surface area (Å²) in [4.78, 5) is 9.96. The molecule has 4 nitrogen and oxygen atoms in total. The first kappa shape index (κ1) is 20.3. The average molecular weight is 379 g/mol. The molecule has 2 aromatic rings. The maximum atomic E-state index is 13.4. The van der Waals surface area contributed by atoms with E-state index in [0.29, 0.717) is 30.5 Å². The van der Waals surface area contributed by atoms with Crippen molar-refractivity contribution in [3.05, 3.63) is 64.7 Å². The lowest BCUT2D eigenvalue weighted by molar-refractivity contribution is -0.229. The predicted octanol–water partition coefficient (Wildman–Crippen LogP) is 5.39. The third kappa shape index (κ3) is 5.26. The average Bonchev–Trinajstić information content (AvgIpc) is 2.65. The van der Waals surface area contributed by atoms with Crippen molar-refractivity contribution >= 4 is 17.3 Å². The number of hydrogen-bond acceptors (Lipinski definition) is 4. The SMILES string of the molecule is CCCC(CC)(OC)ON=C(Cc1cccnc1)c1ccc(F)cc1Cl. The van der Waals surface area contributed by atoms with Gasteiger partial charge >= 0.3 is 0 Å². The Hall–Kier alpha value is -1.98. The molecule has 140 valence electrons. The molecular weight excluding hydrogens is 355 g/mol. The topological polar surface area (TPSA) is 43.7 Å². The van der Waals surface area contributed by atoms with Crippen LogP contribution >= 0.6 is 11.6 Å². The summed E-state index contributed by atoms with van der Waals surface area (Å²) in [5.74, 6) is -1.19. The van der Waals surface area contributed by atoms with E-state index in [9.17, 15) is 4.39 Å². The molecule has 0 spiro atoms. The summed E-state index contributed by atoms with van der Waals surface area (Å²) < 4.78 is 19.0. The van der Waals surface area contributed by atoms with E-state index in [1.54, 1.807) is 25.6 Å². The number of aromatic nitrogens is 1. The highest BCUT2D eigenvalue weighted by Gasteiger charge is 2.29. The van der Waals surface area contributed by atoms with Gasteiger partial charge in [0, 0.05) is 44.3 Å². The van der Waals surface area contributed by atoms with E-state index in [1.165, 1.54) is 12.1 Å². The highest BCUT2D eigenvalue weighted by Crippen LogP contribution is 2.26. The van der Waals surface area contributed by atoms with E-state index in [4.69, 9.17) is 21.2 Å². The van der Waals surface area contributed by atoms with Crippen LogP contribution in [0.3, 0.4) is 0 Å². The summed E-state index contributed by atoms with van der Waals surface area (Å²) in [5, 5.41) is 4.65. The summed E-state index contributed by atoms with van der Waals surface area (Å²) in [5.41, 5.74) is 2.16. The molecule has 0 saturated carbocycles. The van der Waals surface area contributed by atoms with Crippen LogP contribution in [-0.4, -0.2) is 23.6 Å². The van der Waals surface area contributed by atoms with Crippen LogP contribution < -0.4 is 0 Å². The van der Waals surface area contributed by atoms with Gasteiger partial charge in [0.1, 0.15) is 5.82 Å². The number of ether oxygens (including phenoxy) is 1. The second-order valence-electron chi connectivity index (χ2n) is 6.01. The van der Waals surface area contributed by atoms with Crippen LogP contribution in [0.15, 0.2) is 47.9 Å². The van der Waals surface area contributed by atoms with Crippen LogP contribution in [0.4, 0.5) is 4.39 Å². The number of hydrogen-bond donors (Lipinski definition) is 0. The Morgan fingerprint density at radius 2 is 2.12 bits per heavy atom. The predicted molar refractivity (Wildman–Crippen MR) is 102 cm³/mol. The largest absolute Gasteiger partial charge is 0.360 e. The van der Waals surface area contributed by atoms with Gasteiger partial charge in [-0.1, -0.05) is 36.7 Å². The first-order valence-corrected chi connectivity index (χ1v) is 9.06. The Morgan fingerprint density at radius 3 is 2.69 bits per heavy atom. The summed E-state index contributed by atoms with van der Waals surface area (Å²) in [7, 11) is 1.61. The van der Waals surface area contributed by atoms with E-state index in [1.807, 2.05) is 19.1 Å².